The first kappa shape index (κ1) is 13.0. The van der Waals surface area contributed by atoms with Crippen molar-refractivity contribution in [2.24, 2.45) is 0 Å². The molecular formula is C23H14N2. The molecule has 0 fully saturated rings. The number of imidazole rings is 1. The van der Waals surface area contributed by atoms with E-state index < -0.39 is 0 Å². The first-order valence-corrected chi connectivity index (χ1v) is 8.51. The second kappa shape index (κ2) is 4.58. The highest BCUT2D eigenvalue weighted by molar-refractivity contribution is 6.22. The zero-order valence-corrected chi connectivity index (χ0v) is 13.5. The Bertz CT molecular complexity index is 1440. The standard InChI is InChI=1S/C23H14N2/c1-2-8-16-15(7-1)13-14-21-22(16)17-9-3-4-10-18(17)23-24-19-11-5-6-12-20(19)25(21)23/h1-14H. The summed E-state index contributed by atoms with van der Waals surface area (Å²) < 4.78 is 2.30. The molecule has 0 N–H and O–H groups in total. The maximum atomic E-state index is 4.94. The fraction of sp³-hybridized carbons (Fsp3) is 0. The zero-order chi connectivity index (χ0) is 16.4. The van der Waals surface area contributed by atoms with Crippen molar-refractivity contribution in [1.29, 1.82) is 0 Å². The molecule has 4 aromatic carbocycles. The molecule has 2 heterocycles. The van der Waals surface area contributed by atoms with Crippen molar-refractivity contribution in [2.45, 2.75) is 0 Å². The van der Waals surface area contributed by atoms with E-state index in [1.807, 2.05) is 0 Å². The number of pyridine rings is 1. The van der Waals surface area contributed by atoms with Gasteiger partial charge in [-0.2, -0.15) is 0 Å². The monoisotopic (exact) mass is 318 g/mol. The number of para-hydroxylation sites is 2. The van der Waals surface area contributed by atoms with Gasteiger partial charge < -0.3 is 0 Å². The van der Waals surface area contributed by atoms with Crippen LogP contribution in [0.2, 0.25) is 0 Å². The maximum Gasteiger partial charge on any atom is 0.146 e. The topological polar surface area (TPSA) is 17.3 Å². The molecular weight excluding hydrogens is 304 g/mol. The van der Waals surface area contributed by atoms with Crippen LogP contribution in [0.1, 0.15) is 0 Å². The number of nitrogens with zero attached hydrogens (tertiary/aromatic N) is 2. The second-order valence-corrected chi connectivity index (χ2v) is 6.49. The molecule has 0 unspecified atom stereocenters. The van der Waals surface area contributed by atoms with Crippen LogP contribution in [0.25, 0.3) is 49.1 Å². The molecule has 6 rings (SSSR count). The third kappa shape index (κ3) is 1.61. The van der Waals surface area contributed by atoms with Gasteiger partial charge in [-0.1, -0.05) is 66.7 Å². The van der Waals surface area contributed by atoms with Crippen LogP contribution in [-0.4, -0.2) is 9.38 Å². The van der Waals surface area contributed by atoms with Crippen molar-refractivity contribution >= 4 is 49.1 Å². The van der Waals surface area contributed by atoms with Gasteiger partial charge in [0.15, 0.2) is 0 Å². The van der Waals surface area contributed by atoms with E-state index in [4.69, 9.17) is 4.98 Å². The zero-order valence-electron chi connectivity index (χ0n) is 13.5. The third-order valence-corrected chi connectivity index (χ3v) is 5.15. The molecule has 0 aliphatic rings. The smallest absolute Gasteiger partial charge is 0.146 e. The lowest BCUT2D eigenvalue weighted by Crippen LogP contribution is -1.92. The molecule has 0 bridgehead atoms. The van der Waals surface area contributed by atoms with Gasteiger partial charge in [0, 0.05) is 10.8 Å². The SMILES string of the molecule is c1ccc2c(c1)ccc1c2c2ccccc2c2nc3ccccc3n12. The summed E-state index contributed by atoms with van der Waals surface area (Å²) in [6.45, 7) is 0. The second-order valence-electron chi connectivity index (χ2n) is 6.49. The van der Waals surface area contributed by atoms with Crippen LogP contribution in [0.4, 0.5) is 0 Å². The minimum atomic E-state index is 1.03. The summed E-state index contributed by atoms with van der Waals surface area (Å²) in [4.78, 5) is 4.94. The summed E-state index contributed by atoms with van der Waals surface area (Å²) in [5.41, 5.74) is 4.43. The minimum absolute atomic E-state index is 1.03. The van der Waals surface area contributed by atoms with Crippen molar-refractivity contribution in [1.82, 2.24) is 9.38 Å². The number of fused-ring (bicyclic) bond motifs is 10. The number of hydrogen-bond donors (Lipinski definition) is 0. The Morgan fingerprint density at radius 1 is 0.560 bits per heavy atom. The third-order valence-electron chi connectivity index (χ3n) is 5.15. The van der Waals surface area contributed by atoms with Crippen LogP contribution in [0.15, 0.2) is 84.9 Å². The van der Waals surface area contributed by atoms with Crippen LogP contribution in [-0.2, 0) is 0 Å². The molecule has 116 valence electrons. The molecule has 0 saturated carbocycles. The van der Waals surface area contributed by atoms with Gasteiger partial charge in [0.05, 0.1) is 16.6 Å². The summed E-state index contributed by atoms with van der Waals surface area (Å²) in [5, 5.41) is 6.31. The Kier molecular flexibility index (Phi) is 2.37. The lowest BCUT2D eigenvalue weighted by Gasteiger charge is -2.11. The Labute approximate surface area is 143 Å². The molecule has 6 aromatic rings. The van der Waals surface area contributed by atoms with Crippen LogP contribution in [0.5, 0.6) is 0 Å². The average molecular weight is 318 g/mol. The molecule has 2 aromatic heterocycles. The fourth-order valence-corrected chi connectivity index (χ4v) is 4.08. The lowest BCUT2D eigenvalue weighted by molar-refractivity contribution is 1.32. The largest absolute Gasteiger partial charge is 0.292 e. The van der Waals surface area contributed by atoms with Crippen molar-refractivity contribution < 1.29 is 0 Å². The Hall–Kier alpha value is -3.39. The first-order chi connectivity index (χ1) is 12.4. The van der Waals surface area contributed by atoms with Crippen molar-refractivity contribution in [3.05, 3.63) is 84.9 Å². The Balaban J connectivity index is 2.07. The maximum absolute atomic E-state index is 4.94. The van der Waals surface area contributed by atoms with E-state index in [1.54, 1.807) is 0 Å². The normalized spacial score (nSPS) is 12.0. The van der Waals surface area contributed by atoms with Gasteiger partial charge in [0.2, 0.25) is 0 Å². The molecule has 2 nitrogen and oxygen atoms in total. The van der Waals surface area contributed by atoms with E-state index in [-0.39, 0.29) is 0 Å². The number of hydrogen-bond acceptors (Lipinski definition) is 1. The number of benzene rings is 4. The van der Waals surface area contributed by atoms with Crippen molar-refractivity contribution in [3.8, 4) is 0 Å². The predicted octanol–water partition coefficient (Wildman–Crippen LogP) is 5.95. The molecule has 0 spiro atoms. The van der Waals surface area contributed by atoms with E-state index >= 15 is 0 Å². The number of rotatable bonds is 0. The molecule has 25 heavy (non-hydrogen) atoms. The lowest BCUT2D eigenvalue weighted by atomic mass is 9.99. The van der Waals surface area contributed by atoms with Gasteiger partial charge in [0.1, 0.15) is 5.65 Å². The molecule has 0 amide bonds. The van der Waals surface area contributed by atoms with Gasteiger partial charge in [-0.25, -0.2) is 4.98 Å². The number of aromatic nitrogens is 2. The van der Waals surface area contributed by atoms with Crippen LogP contribution < -0.4 is 0 Å². The van der Waals surface area contributed by atoms with Crippen molar-refractivity contribution in [3.63, 3.8) is 0 Å². The highest BCUT2D eigenvalue weighted by atomic mass is 15.0. The Morgan fingerprint density at radius 2 is 1.28 bits per heavy atom. The van der Waals surface area contributed by atoms with E-state index in [9.17, 15) is 0 Å². The summed E-state index contributed by atoms with van der Waals surface area (Å²) in [6.07, 6.45) is 0. The summed E-state index contributed by atoms with van der Waals surface area (Å²) in [5.74, 6) is 0. The Morgan fingerprint density at radius 3 is 2.20 bits per heavy atom. The molecule has 0 atom stereocenters. The van der Waals surface area contributed by atoms with Gasteiger partial charge in [-0.05, 0) is 34.4 Å². The van der Waals surface area contributed by atoms with Gasteiger partial charge >= 0.3 is 0 Å². The van der Waals surface area contributed by atoms with Gasteiger partial charge in [0.25, 0.3) is 0 Å². The van der Waals surface area contributed by atoms with E-state index in [2.05, 4.69) is 89.3 Å². The first-order valence-electron chi connectivity index (χ1n) is 8.51. The average Bonchev–Trinajstić information content (AvgIpc) is 3.07. The van der Waals surface area contributed by atoms with Gasteiger partial charge in [-0.3, -0.25) is 4.40 Å². The predicted molar refractivity (Wildman–Crippen MR) is 105 cm³/mol. The minimum Gasteiger partial charge on any atom is -0.292 e. The van der Waals surface area contributed by atoms with Crippen molar-refractivity contribution in [2.75, 3.05) is 0 Å². The highest BCUT2D eigenvalue weighted by Gasteiger charge is 2.14. The van der Waals surface area contributed by atoms with Crippen LogP contribution in [0.3, 0.4) is 0 Å². The summed E-state index contributed by atoms with van der Waals surface area (Å²) in [7, 11) is 0. The summed E-state index contributed by atoms with van der Waals surface area (Å²) in [6, 6.07) is 30.0. The molecule has 2 heteroatoms. The summed E-state index contributed by atoms with van der Waals surface area (Å²) >= 11 is 0. The highest BCUT2D eigenvalue weighted by Crippen LogP contribution is 2.36. The molecule has 0 aliphatic carbocycles. The molecule has 0 saturated heterocycles. The fourth-order valence-electron chi connectivity index (χ4n) is 4.08. The van der Waals surface area contributed by atoms with E-state index in [1.165, 1.54) is 32.4 Å². The van der Waals surface area contributed by atoms with Crippen LogP contribution >= 0.6 is 0 Å². The molecule has 0 radical (unpaired) electrons. The van der Waals surface area contributed by atoms with Gasteiger partial charge in [-0.15, -0.1) is 0 Å². The van der Waals surface area contributed by atoms with E-state index in [0.717, 1.165) is 16.7 Å². The molecule has 0 aliphatic heterocycles. The van der Waals surface area contributed by atoms with E-state index in [0.29, 0.717) is 0 Å². The van der Waals surface area contributed by atoms with Crippen LogP contribution in [0, 0.1) is 0 Å². The quantitative estimate of drug-likeness (QED) is 0.316.